The van der Waals surface area contributed by atoms with E-state index in [2.05, 4.69) is 19.2 Å². The Kier molecular flexibility index (Phi) is 4.46. The van der Waals surface area contributed by atoms with Crippen molar-refractivity contribution in [1.82, 2.24) is 9.62 Å². The molecule has 1 saturated heterocycles. The lowest BCUT2D eigenvalue weighted by molar-refractivity contribution is 0.463. The number of hydrogen-bond acceptors (Lipinski definition) is 3. The van der Waals surface area contributed by atoms with Crippen LogP contribution in [-0.2, 0) is 16.6 Å². The van der Waals surface area contributed by atoms with Crippen LogP contribution in [0.5, 0.6) is 0 Å². The van der Waals surface area contributed by atoms with Crippen molar-refractivity contribution in [3.05, 3.63) is 29.6 Å². The summed E-state index contributed by atoms with van der Waals surface area (Å²) in [6, 6.07) is 3.99. The van der Waals surface area contributed by atoms with E-state index in [1.807, 2.05) is 0 Å². The Morgan fingerprint density at radius 2 is 1.90 bits per heavy atom. The van der Waals surface area contributed by atoms with Crippen LogP contribution in [0.25, 0.3) is 0 Å². The van der Waals surface area contributed by atoms with Gasteiger partial charge in [0.05, 0.1) is 4.90 Å². The number of hydrogen-bond donors (Lipinski definition) is 1. The monoisotopic (exact) mass is 300 g/mol. The predicted molar refractivity (Wildman–Crippen MR) is 76.3 cm³/mol. The maximum Gasteiger partial charge on any atom is 0.243 e. The molecule has 0 saturated carbocycles. The second-order valence-electron chi connectivity index (χ2n) is 5.56. The van der Waals surface area contributed by atoms with Crippen molar-refractivity contribution in [3.63, 3.8) is 0 Å². The second-order valence-corrected chi connectivity index (χ2v) is 7.50. The number of halogens is 1. The molecule has 0 amide bonds. The van der Waals surface area contributed by atoms with Crippen molar-refractivity contribution < 1.29 is 12.8 Å². The molecule has 6 heteroatoms. The van der Waals surface area contributed by atoms with E-state index in [4.69, 9.17) is 0 Å². The van der Waals surface area contributed by atoms with Crippen molar-refractivity contribution in [1.29, 1.82) is 0 Å². The van der Waals surface area contributed by atoms with Gasteiger partial charge in [-0.3, -0.25) is 0 Å². The molecule has 1 aromatic rings. The summed E-state index contributed by atoms with van der Waals surface area (Å²) in [5, 5.41) is 2.84. The smallest absolute Gasteiger partial charge is 0.243 e. The molecule has 0 radical (unpaired) electrons. The average Bonchev–Trinajstić information content (AvgIpc) is 2.73. The SMILES string of the molecule is CNCc1cc(S(=O)(=O)N2CC(C)C(C)C2)ccc1F. The van der Waals surface area contributed by atoms with Gasteiger partial charge in [-0.25, -0.2) is 12.8 Å². The first-order valence-corrected chi connectivity index (χ1v) is 8.23. The van der Waals surface area contributed by atoms with Gasteiger partial charge in [0.25, 0.3) is 0 Å². The molecule has 2 unspecified atom stereocenters. The Hall–Kier alpha value is -0.980. The number of nitrogens with one attached hydrogen (secondary N) is 1. The summed E-state index contributed by atoms with van der Waals surface area (Å²) in [5.74, 6) is 0.311. The molecule has 1 heterocycles. The quantitative estimate of drug-likeness (QED) is 0.923. The van der Waals surface area contributed by atoms with Gasteiger partial charge in [0.15, 0.2) is 0 Å². The van der Waals surface area contributed by atoms with Crippen LogP contribution < -0.4 is 5.32 Å². The van der Waals surface area contributed by atoms with Crippen LogP contribution in [0.15, 0.2) is 23.1 Å². The van der Waals surface area contributed by atoms with Crippen LogP contribution in [0.4, 0.5) is 4.39 Å². The fourth-order valence-electron chi connectivity index (χ4n) is 2.46. The zero-order chi connectivity index (χ0) is 14.9. The number of nitrogens with zero attached hydrogens (tertiary/aromatic N) is 1. The van der Waals surface area contributed by atoms with E-state index in [1.165, 1.54) is 22.5 Å². The Bertz CT molecular complexity index is 579. The van der Waals surface area contributed by atoms with Gasteiger partial charge >= 0.3 is 0 Å². The molecule has 0 aliphatic carbocycles. The minimum absolute atomic E-state index is 0.172. The Labute approximate surface area is 120 Å². The van der Waals surface area contributed by atoms with Crippen LogP contribution in [0.3, 0.4) is 0 Å². The lowest BCUT2D eigenvalue weighted by atomic mass is 10.0. The van der Waals surface area contributed by atoms with E-state index in [1.54, 1.807) is 7.05 Å². The van der Waals surface area contributed by atoms with Crippen LogP contribution in [0, 0.1) is 17.7 Å². The van der Waals surface area contributed by atoms with Crippen LogP contribution >= 0.6 is 0 Å². The highest BCUT2D eigenvalue weighted by Crippen LogP contribution is 2.28. The van der Waals surface area contributed by atoms with Gasteiger partial charge in [-0.05, 0) is 37.1 Å². The first-order chi connectivity index (χ1) is 9.36. The summed E-state index contributed by atoms with van der Waals surface area (Å²) >= 11 is 0. The maximum atomic E-state index is 13.6. The molecule has 20 heavy (non-hydrogen) atoms. The van der Waals surface area contributed by atoms with E-state index in [9.17, 15) is 12.8 Å². The Balaban J connectivity index is 2.33. The average molecular weight is 300 g/mol. The lowest BCUT2D eigenvalue weighted by Crippen LogP contribution is -2.29. The molecule has 0 aromatic heterocycles. The Morgan fingerprint density at radius 3 is 2.45 bits per heavy atom. The molecule has 2 atom stereocenters. The first-order valence-electron chi connectivity index (χ1n) is 6.79. The van der Waals surface area contributed by atoms with Crippen molar-refractivity contribution in [2.24, 2.45) is 11.8 Å². The predicted octanol–water partition coefficient (Wildman–Crippen LogP) is 1.82. The fourth-order valence-corrected chi connectivity index (χ4v) is 4.15. The zero-order valence-corrected chi connectivity index (χ0v) is 12.9. The number of rotatable bonds is 4. The number of sulfonamides is 1. The van der Waals surface area contributed by atoms with E-state index < -0.39 is 10.0 Å². The molecule has 1 fully saturated rings. The van der Waals surface area contributed by atoms with Crippen LogP contribution in [0.1, 0.15) is 19.4 Å². The van der Waals surface area contributed by atoms with E-state index in [0.717, 1.165) is 0 Å². The molecule has 1 aliphatic heterocycles. The normalized spacial score (nSPS) is 24.2. The van der Waals surface area contributed by atoms with Crippen LogP contribution in [0.2, 0.25) is 0 Å². The molecule has 4 nitrogen and oxygen atoms in total. The zero-order valence-electron chi connectivity index (χ0n) is 12.1. The van der Waals surface area contributed by atoms with Gasteiger partial charge in [-0.15, -0.1) is 0 Å². The summed E-state index contributed by atoms with van der Waals surface area (Å²) in [6.45, 7) is 5.47. The van der Waals surface area contributed by atoms with Gasteiger partial charge in [0.2, 0.25) is 10.0 Å². The topological polar surface area (TPSA) is 49.4 Å². The van der Waals surface area contributed by atoms with Crippen molar-refractivity contribution >= 4 is 10.0 Å². The third-order valence-corrected chi connectivity index (χ3v) is 5.80. The lowest BCUT2D eigenvalue weighted by Gasteiger charge is -2.17. The molecular formula is C14H21FN2O2S. The second kappa shape index (κ2) is 5.79. The Morgan fingerprint density at radius 1 is 1.30 bits per heavy atom. The molecule has 2 rings (SSSR count). The van der Waals surface area contributed by atoms with Gasteiger partial charge < -0.3 is 5.32 Å². The summed E-state index contributed by atoms with van der Waals surface area (Å²) in [7, 11) is -1.82. The summed E-state index contributed by atoms with van der Waals surface area (Å²) in [6.07, 6.45) is 0. The standard InChI is InChI=1S/C14H21FN2O2S/c1-10-8-17(9-11(10)2)20(18,19)13-4-5-14(15)12(6-13)7-16-3/h4-6,10-11,16H,7-9H2,1-3H3. The van der Waals surface area contributed by atoms with E-state index in [-0.39, 0.29) is 10.7 Å². The maximum absolute atomic E-state index is 13.6. The summed E-state index contributed by atoms with van der Waals surface area (Å²) < 4.78 is 40.2. The van der Waals surface area contributed by atoms with Crippen LogP contribution in [-0.4, -0.2) is 32.9 Å². The van der Waals surface area contributed by atoms with Crippen molar-refractivity contribution in [2.45, 2.75) is 25.3 Å². The molecular weight excluding hydrogens is 279 g/mol. The van der Waals surface area contributed by atoms with E-state index in [0.29, 0.717) is 37.0 Å². The minimum Gasteiger partial charge on any atom is -0.316 e. The fraction of sp³-hybridized carbons (Fsp3) is 0.571. The highest BCUT2D eigenvalue weighted by molar-refractivity contribution is 7.89. The molecule has 0 spiro atoms. The van der Waals surface area contributed by atoms with E-state index >= 15 is 0 Å². The third kappa shape index (κ3) is 2.87. The highest BCUT2D eigenvalue weighted by Gasteiger charge is 2.35. The largest absolute Gasteiger partial charge is 0.316 e. The molecule has 0 bridgehead atoms. The molecule has 1 N–H and O–H groups in total. The van der Waals surface area contributed by atoms with Gasteiger partial charge in [-0.1, -0.05) is 13.8 Å². The summed E-state index contributed by atoms with van der Waals surface area (Å²) in [4.78, 5) is 0.172. The minimum atomic E-state index is -3.52. The van der Waals surface area contributed by atoms with Crippen molar-refractivity contribution in [3.8, 4) is 0 Å². The molecule has 112 valence electrons. The third-order valence-electron chi connectivity index (χ3n) is 3.98. The van der Waals surface area contributed by atoms with Gasteiger partial charge in [0, 0.05) is 25.2 Å². The number of benzene rings is 1. The van der Waals surface area contributed by atoms with Gasteiger partial charge in [0.1, 0.15) is 5.82 Å². The molecule has 1 aliphatic rings. The molecule has 1 aromatic carbocycles. The van der Waals surface area contributed by atoms with Crippen molar-refractivity contribution in [2.75, 3.05) is 20.1 Å². The van der Waals surface area contributed by atoms with Gasteiger partial charge in [-0.2, -0.15) is 4.31 Å². The highest BCUT2D eigenvalue weighted by atomic mass is 32.2. The first kappa shape index (κ1) is 15.4. The summed E-state index contributed by atoms with van der Waals surface area (Å²) in [5.41, 5.74) is 0.369.